The van der Waals surface area contributed by atoms with E-state index in [1.165, 1.54) is 5.56 Å². The molecule has 1 N–H and O–H groups in total. The van der Waals surface area contributed by atoms with Gasteiger partial charge in [-0.2, -0.15) is 5.10 Å². The van der Waals surface area contributed by atoms with Crippen LogP contribution >= 0.6 is 0 Å². The van der Waals surface area contributed by atoms with Gasteiger partial charge < -0.3 is 4.74 Å². The molecule has 1 saturated heterocycles. The number of ether oxygens (including phenoxy) is 1. The van der Waals surface area contributed by atoms with Gasteiger partial charge in [0.25, 0.3) is 0 Å². The molecule has 3 aromatic rings. The molecule has 0 amide bonds. The third-order valence-corrected chi connectivity index (χ3v) is 4.26. The summed E-state index contributed by atoms with van der Waals surface area (Å²) in [6.45, 7) is 4.68. The van der Waals surface area contributed by atoms with Crippen molar-refractivity contribution < 1.29 is 4.74 Å². The summed E-state index contributed by atoms with van der Waals surface area (Å²) < 4.78 is 5.39. The maximum Gasteiger partial charge on any atom is 0.0651 e. The first-order valence-corrected chi connectivity index (χ1v) is 8.21. The zero-order valence-electron chi connectivity index (χ0n) is 13.5. The number of aromatic nitrogens is 2. The second kappa shape index (κ2) is 6.88. The molecule has 0 bridgehead atoms. The Morgan fingerprint density at radius 2 is 1.75 bits per heavy atom. The molecule has 4 rings (SSSR count). The summed E-state index contributed by atoms with van der Waals surface area (Å²) in [5, 5.41) is 8.07. The predicted molar refractivity (Wildman–Crippen MR) is 94.6 cm³/mol. The smallest absolute Gasteiger partial charge is 0.0651 e. The Morgan fingerprint density at radius 3 is 2.58 bits per heavy atom. The number of morpholine rings is 1. The van der Waals surface area contributed by atoms with Gasteiger partial charge in [0, 0.05) is 36.1 Å². The van der Waals surface area contributed by atoms with Gasteiger partial charge >= 0.3 is 0 Å². The van der Waals surface area contributed by atoms with Gasteiger partial charge in [0.1, 0.15) is 0 Å². The minimum absolute atomic E-state index is 0.838. The van der Waals surface area contributed by atoms with Crippen molar-refractivity contribution in [3.8, 4) is 11.8 Å². The van der Waals surface area contributed by atoms with E-state index in [9.17, 15) is 0 Å². The Balaban J connectivity index is 1.45. The fourth-order valence-electron chi connectivity index (χ4n) is 2.88. The standard InChI is InChI=1S/C20H19N3O/c1(4-17-7-8-20-19(13-17)14-21-22-20)16-2-5-18(6-3-16)15-23-9-11-24-12-10-23/h2-3,5-8,13-14H,9-12,15H2,(H,21,22). The second-order valence-electron chi connectivity index (χ2n) is 6.01. The predicted octanol–water partition coefficient (Wildman–Crippen LogP) is 2.79. The number of nitrogens with zero attached hydrogens (tertiary/aromatic N) is 2. The first kappa shape index (κ1) is 14.9. The normalized spacial score (nSPS) is 15.2. The fourth-order valence-corrected chi connectivity index (χ4v) is 2.88. The highest BCUT2D eigenvalue weighted by Crippen LogP contribution is 2.12. The highest BCUT2D eigenvalue weighted by atomic mass is 16.5. The Morgan fingerprint density at radius 1 is 1.00 bits per heavy atom. The van der Waals surface area contributed by atoms with Crippen molar-refractivity contribution in [3.63, 3.8) is 0 Å². The van der Waals surface area contributed by atoms with Gasteiger partial charge in [-0.1, -0.05) is 24.0 Å². The van der Waals surface area contributed by atoms with E-state index in [0.29, 0.717) is 0 Å². The van der Waals surface area contributed by atoms with Crippen LogP contribution in [0.25, 0.3) is 10.9 Å². The van der Waals surface area contributed by atoms with Crippen LogP contribution in [-0.2, 0) is 11.3 Å². The molecule has 4 nitrogen and oxygen atoms in total. The second-order valence-corrected chi connectivity index (χ2v) is 6.01. The molecule has 1 fully saturated rings. The van der Waals surface area contributed by atoms with Gasteiger partial charge in [-0.15, -0.1) is 0 Å². The Labute approximate surface area is 141 Å². The summed E-state index contributed by atoms with van der Waals surface area (Å²) in [5.41, 5.74) is 4.39. The van der Waals surface area contributed by atoms with E-state index in [1.807, 2.05) is 18.3 Å². The van der Waals surface area contributed by atoms with Gasteiger partial charge in [0.2, 0.25) is 0 Å². The lowest BCUT2D eigenvalue weighted by molar-refractivity contribution is 0.0342. The molecule has 1 aliphatic rings. The van der Waals surface area contributed by atoms with Gasteiger partial charge in [0.15, 0.2) is 0 Å². The van der Waals surface area contributed by atoms with Gasteiger partial charge in [-0.05, 0) is 35.9 Å². The lowest BCUT2D eigenvalue weighted by Gasteiger charge is -2.26. The average molecular weight is 317 g/mol. The number of nitrogens with one attached hydrogen (secondary N) is 1. The molecule has 0 atom stereocenters. The lowest BCUT2D eigenvalue weighted by Crippen LogP contribution is -2.35. The van der Waals surface area contributed by atoms with Crippen molar-refractivity contribution in [2.24, 2.45) is 0 Å². The molecule has 0 radical (unpaired) electrons. The Bertz CT molecular complexity index is 880. The summed E-state index contributed by atoms with van der Waals surface area (Å²) in [7, 11) is 0. The molecule has 2 heterocycles. The van der Waals surface area contributed by atoms with Crippen LogP contribution in [0.4, 0.5) is 0 Å². The number of aromatic amines is 1. The lowest BCUT2D eigenvalue weighted by atomic mass is 10.1. The molecule has 120 valence electrons. The molecular formula is C20H19N3O. The van der Waals surface area contributed by atoms with Crippen LogP contribution in [0.2, 0.25) is 0 Å². The number of hydrogen-bond acceptors (Lipinski definition) is 3. The quantitative estimate of drug-likeness (QED) is 0.739. The van der Waals surface area contributed by atoms with E-state index >= 15 is 0 Å². The van der Waals surface area contributed by atoms with E-state index in [0.717, 1.165) is 54.9 Å². The molecule has 0 unspecified atom stereocenters. The molecule has 4 heteroatoms. The van der Waals surface area contributed by atoms with Crippen molar-refractivity contribution >= 4 is 10.9 Å². The maximum absolute atomic E-state index is 5.39. The zero-order chi connectivity index (χ0) is 16.2. The highest BCUT2D eigenvalue weighted by molar-refractivity contribution is 5.79. The van der Waals surface area contributed by atoms with Crippen molar-refractivity contribution in [3.05, 3.63) is 65.4 Å². The number of fused-ring (bicyclic) bond motifs is 1. The summed E-state index contributed by atoms with van der Waals surface area (Å²) in [5.74, 6) is 6.46. The highest BCUT2D eigenvalue weighted by Gasteiger charge is 2.10. The summed E-state index contributed by atoms with van der Waals surface area (Å²) in [4.78, 5) is 2.42. The van der Waals surface area contributed by atoms with Crippen molar-refractivity contribution in [2.45, 2.75) is 6.54 Å². The molecular weight excluding hydrogens is 298 g/mol. The Kier molecular flexibility index (Phi) is 4.28. The van der Waals surface area contributed by atoms with Gasteiger partial charge in [0.05, 0.1) is 24.9 Å². The van der Waals surface area contributed by atoms with Crippen molar-refractivity contribution in [1.82, 2.24) is 15.1 Å². The molecule has 0 saturated carbocycles. The van der Waals surface area contributed by atoms with Gasteiger partial charge in [-0.25, -0.2) is 0 Å². The fraction of sp³-hybridized carbons (Fsp3) is 0.250. The summed E-state index contributed by atoms with van der Waals surface area (Å²) in [6.07, 6.45) is 1.82. The van der Waals surface area contributed by atoms with Crippen LogP contribution in [-0.4, -0.2) is 41.4 Å². The van der Waals surface area contributed by atoms with Crippen LogP contribution in [0.15, 0.2) is 48.7 Å². The summed E-state index contributed by atoms with van der Waals surface area (Å²) >= 11 is 0. The van der Waals surface area contributed by atoms with Crippen LogP contribution in [0.5, 0.6) is 0 Å². The van der Waals surface area contributed by atoms with Crippen molar-refractivity contribution in [2.75, 3.05) is 26.3 Å². The molecule has 1 aromatic heterocycles. The van der Waals surface area contributed by atoms with Crippen LogP contribution < -0.4 is 0 Å². The largest absolute Gasteiger partial charge is 0.379 e. The zero-order valence-corrected chi connectivity index (χ0v) is 13.5. The van der Waals surface area contributed by atoms with E-state index in [-0.39, 0.29) is 0 Å². The van der Waals surface area contributed by atoms with Crippen LogP contribution in [0, 0.1) is 11.8 Å². The molecule has 0 spiro atoms. The topological polar surface area (TPSA) is 41.2 Å². The average Bonchev–Trinajstić information content (AvgIpc) is 3.10. The number of H-pyrrole nitrogens is 1. The Hall–Kier alpha value is -2.61. The monoisotopic (exact) mass is 317 g/mol. The molecule has 24 heavy (non-hydrogen) atoms. The summed E-state index contributed by atoms with van der Waals surface area (Å²) in [6, 6.07) is 14.6. The number of benzene rings is 2. The molecule has 0 aliphatic carbocycles. The van der Waals surface area contributed by atoms with E-state index in [4.69, 9.17) is 4.74 Å². The number of rotatable bonds is 2. The van der Waals surface area contributed by atoms with E-state index in [1.54, 1.807) is 0 Å². The van der Waals surface area contributed by atoms with E-state index in [2.05, 4.69) is 57.3 Å². The van der Waals surface area contributed by atoms with Crippen LogP contribution in [0.1, 0.15) is 16.7 Å². The minimum Gasteiger partial charge on any atom is -0.379 e. The first-order chi connectivity index (χ1) is 11.9. The first-order valence-electron chi connectivity index (χ1n) is 8.21. The van der Waals surface area contributed by atoms with E-state index < -0.39 is 0 Å². The SMILES string of the molecule is C(#Cc1ccc2[nH]ncc2c1)c1ccc(CN2CCOCC2)cc1. The maximum atomic E-state index is 5.39. The molecule has 2 aromatic carbocycles. The number of hydrogen-bond donors (Lipinski definition) is 1. The molecule has 1 aliphatic heterocycles. The van der Waals surface area contributed by atoms with Gasteiger partial charge in [-0.3, -0.25) is 10.00 Å². The third-order valence-electron chi connectivity index (χ3n) is 4.26. The van der Waals surface area contributed by atoms with Crippen LogP contribution in [0.3, 0.4) is 0 Å². The van der Waals surface area contributed by atoms with Crippen molar-refractivity contribution in [1.29, 1.82) is 0 Å². The minimum atomic E-state index is 0.838. The third kappa shape index (κ3) is 3.48.